The van der Waals surface area contributed by atoms with E-state index in [1.807, 2.05) is 26.8 Å². The molecule has 3 rings (SSSR count). The minimum Gasteiger partial charge on any atom is -0.444 e. The van der Waals surface area contributed by atoms with E-state index in [0.717, 1.165) is 31.6 Å². The molecule has 7 nitrogen and oxygen atoms in total. The summed E-state index contributed by atoms with van der Waals surface area (Å²) in [5, 5.41) is 11.0. The molecule has 2 heterocycles. The molecule has 0 aromatic heterocycles. The molecule has 1 aromatic carbocycles. The molecule has 136 valence electrons. The highest BCUT2D eigenvalue weighted by Gasteiger charge is 2.45. The lowest BCUT2D eigenvalue weighted by Crippen LogP contribution is -2.37. The van der Waals surface area contributed by atoms with E-state index < -0.39 is 5.60 Å². The van der Waals surface area contributed by atoms with Crippen molar-refractivity contribution in [2.45, 2.75) is 39.2 Å². The first kappa shape index (κ1) is 17.5. The van der Waals surface area contributed by atoms with Crippen molar-refractivity contribution >= 4 is 17.5 Å². The van der Waals surface area contributed by atoms with E-state index in [0.29, 0.717) is 13.1 Å². The van der Waals surface area contributed by atoms with Crippen LogP contribution in [-0.2, 0) is 4.74 Å². The Morgan fingerprint density at radius 2 is 1.96 bits per heavy atom. The molecule has 25 heavy (non-hydrogen) atoms. The summed E-state index contributed by atoms with van der Waals surface area (Å²) >= 11 is 0. The Bertz CT molecular complexity index is 685. The topological polar surface area (TPSA) is 75.9 Å². The summed E-state index contributed by atoms with van der Waals surface area (Å²) in [4.78, 5) is 26.9. The third-order valence-electron chi connectivity index (χ3n) is 4.93. The minimum absolute atomic E-state index is 0.0571. The zero-order valence-corrected chi connectivity index (χ0v) is 15.0. The number of nitro benzene ring substituents is 1. The molecule has 0 N–H and O–H groups in total. The zero-order chi connectivity index (χ0) is 18.2. The van der Waals surface area contributed by atoms with E-state index >= 15 is 0 Å². The van der Waals surface area contributed by atoms with Crippen molar-refractivity contribution in [3.05, 3.63) is 34.4 Å². The number of ether oxygens (including phenoxy) is 1. The number of anilines is 1. The normalized spacial score (nSPS) is 23.3. The van der Waals surface area contributed by atoms with E-state index in [4.69, 9.17) is 4.74 Å². The van der Waals surface area contributed by atoms with Crippen LogP contribution in [0.25, 0.3) is 0 Å². The van der Waals surface area contributed by atoms with Gasteiger partial charge in [-0.25, -0.2) is 4.79 Å². The first-order valence-electron chi connectivity index (χ1n) is 8.65. The summed E-state index contributed by atoms with van der Waals surface area (Å²) in [5.41, 5.74) is 0.557. The fourth-order valence-electron chi connectivity index (χ4n) is 3.71. The SMILES string of the molecule is CC(C)(C)OC(=O)N1CCC2(CCN(c3cccc([N+](=O)[O-])c3)C2)C1. The molecule has 0 aliphatic carbocycles. The van der Waals surface area contributed by atoms with Crippen LogP contribution in [0.3, 0.4) is 0 Å². The molecule has 7 heteroatoms. The van der Waals surface area contributed by atoms with Crippen LogP contribution < -0.4 is 4.90 Å². The molecule has 2 aliphatic rings. The van der Waals surface area contributed by atoms with Gasteiger partial charge < -0.3 is 14.5 Å². The van der Waals surface area contributed by atoms with Crippen molar-refractivity contribution in [1.82, 2.24) is 4.90 Å². The second kappa shape index (κ2) is 6.20. The van der Waals surface area contributed by atoms with Gasteiger partial charge >= 0.3 is 6.09 Å². The first-order chi connectivity index (χ1) is 11.7. The number of likely N-dealkylation sites (tertiary alicyclic amines) is 1. The van der Waals surface area contributed by atoms with Crippen LogP contribution >= 0.6 is 0 Å². The van der Waals surface area contributed by atoms with Crippen LogP contribution in [-0.4, -0.2) is 47.7 Å². The Labute approximate surface area is 147 Å². The van der Waals surface area contributed by atoms with Gasteiger partial charge in [-0.2, -0.15) is 0 Å². The molecule has 2 saturated heterocycles. The number of benzene rings is 1. The Kier molecular flexibility index (Phi) is 4.34. The lowest BCUT2D eigenvalue weighted by Gasteiger charge is -2.27. The van der Waals surface area contributed by atoms with Crippen molar-refractivity contribution in [2.75, 3.05) is 31.1 Å². The second-order valence-electron chi connectivity index (χ2n) is 8.10. The lowest BCUT2D eigenvalue weighted by atomic mass is 9.86. The summed E-state index contributed by atoms with van der Waals surface area (Å²) in [6.07, 6.45) is 1.67. The molecular weight excluding hydrogens is 322 g/mol. The number of hydrogen-bond acceptors (Lipinski definition) is 5. The standard InChI is InChI=1S/C18H25N3O4/c1-17(2,3)25-16(22)20-10-8-18(13-20)7-9-19(12-18)14-5-4-6-15(11-14)21(23)24/h4-6,11H,7-10,12-13H2,1-3H3. The van der Waals surface area contributed by atoms with E-state index in [1.165, 1.54) is 6.07 Å². The van der Waals surface area contributed by atoms with Gasteiger partial charge in [0, 0.05) is 49.4 Å². The van der Waals surface area contributed by atoms with E-state index in [-0.39, 0.29) is 22.1 Å². The number of hydrogen-bond donors (Lipinski definition) is 0. The maximum atomic E-state index is 12.3. The van der Waals surface area contributed by atoms with Gasteiger partial charge in [-0.15, -0.1) is 0 Å². The van der Waals surface area contributed by atoms with E-state index in [2.05, 4.69) is 4.90 Å². The van der Waals surface area contributed by atoms with Gasteiger partial charge in [0.05, 0.1) is 4.92 Å². The number of non-ortho nitro benzene ring substituents is 1. The fraction of sp³-hybridized carbons (Fsp3) is 0.611. The van der Waals surface area contributed by atoms with Crippen LogP contribution in [0.15, 0.2) is 24.3 Å². The largest absolute Gasteiger partial charge is 0.444 e. The van der Waals surface area contributed by atoms with Gasteiger partial charge in [0.2, 0.25) is 0 Å². The van der Waals surface area contributed by atoms with Crippen molar-refractivity contribution in [3.8, 4) is 0 Å². The third kappa shape index (κ3) is 3.86. The maximum Gasteiger partial charge on any atom is 0.410 e. The Balaban J connectivity index is 1.66. The number of carbonyl (C=O) groups excluding carboxylic acids is 1. The molecular formula is C18H25N3O4. The van der Waals surface area contributed by atoms with Crippen LogP contribution in [0.5, 0.6) is 0 Å². The monoisotopic (exact) mass is 347 g/mol. The molecule has 1 unspecified atom stereocenters. The predicted octanol–water partition coefficient (Wildman–Crippen LogP) is 3.43. The average Bonchev–Trinajstić information content (AvgIpc) is 3.14. The molecule has 2 aliphatic heterocycles. The van der Waals surface area contributed by atoms with E-state index in [9.17, 15) is 14.9 Å². The van der Waals surface area contributed by atoms with Crippen molar-refractivity contribution < 1.29 is 14.5 Å². The average molecular weight is 347 g/mol. The Morgan fingerprint density at radius 3 is 2.64 bits per heavy atom. The highest BCUT2D eigenvalue weighted by atomic mass is 16.6. The molecule has 0 radical (unpaired) electrons. The summed E-state index contributed by atoms with van der Waals surface area (Å²) in [5.74, 6) is 0. The molecule has 1 aromatic rings. The van der Waals surface area contributed by atoms with Crippen molar-refractivity contribution in [2.24, 2.45) is 5.41 Å². The number of nitro groups is 1. The van der Waals surface area contributed by atoms with Gasteiger partial charge in [-0.05, 0) is 39.7 Å². The minimum atomic E-state index is -0.489. The molecule has 0 saturated carbocycles. The molecule has 1 amide bonds. The molecule has 2 fully saturated rings. The van der Waals surface area contributed by atoms with Crippen LogP contribution in [0.4, 0.5) is 16.2 Å². The molecule has 0 bridgehead atoms. The van der Waals surface area contributed by atoms with Crippen LogP contribution in [0.2, 0.25) is 0 Å². The second-order valence-corrected chi connectivity index (χ2v) is 8.10. The van der Waals surface area contributed by atoms with Crippen molar-refractivity contribution in [3.63, 3.8) is 0 Å². The predicted molar refractivity (Wildman–Crippen MR) is 94.8 cm³/mol. The summed E-state index contributed by atoms with van der Waals surface area (Å²) < 4.78 is 5.48. The third-order valence-corrected chi connectivity index (χ3v) is 4.93. The molecule has 1 atom stereocenters. The number of carbonyl (C=O) groups is 1. The Morgan fingerprint density at radius 1 is 1.24 bits per heavy atom. The highest BCUT2D eigenvalue weighted by molar-refractivity contribution is 5.68. The fourth-order valence-corrected chi connectivity index (χ4v) is 3.71. The summed E-state index contributed by atoms with van der Waals surface area (Å²) in [6, 6.07) is 6.77. The van der Waals surface area contributed by atoms with Gasteiger partial charge in [0.25, 0.3) is 5.69 Å². The van der Waals surface area contributed by atoms with Gasteiger partial charge in [0.15, 0.2) is 0 Å². The molecule has 1 spiro atoms. The first-order valence-corrected chi connectivity index (χ1v) is 8.65. The van der Waals surface area contributed by atoms with Gasteiger partial charge in [-0.3, -0.25) is 10.1 Å². The number of nitrogens with zero attached hydrogens (tertiary/aromatic N) is 3. The Hall–Kier alpha value is -2.31. The smallest absolute Gasteiger partial charge is 0.410 e. The van der Waals surface area contributed by atoms with E-state index in [1.54, 1.807) is 17.0 Å². The number of rotatable bonds is 2. The van der Waals surface area contributed by atoms with Gasteiger partial charge in [-0.1, -0.05) is 6.07 Å². The summed E-state index contributed by atoms with van der Waals surface area (Å²) in [7, 11) is 0. The quantitative estimate of drug-likeness (QED) is 0.605. The van der Waals surface area contributed by atoms with Gasteiger partial charge in [0.1, 0.15) is 5.60 Å². The number of amides is 1. The lowest BCUT2D eigenvalue weighted by molar-refractivity contribution is -0.384. The van der Waals surface area contributed by atoms with Crippen molar-refractivity contribution in [1.29, 1.82) is 0 Å². The highest BCUT2D eigenvalue weighted by Crippen LogP contribution is 2.41. The summed E-state index contributed by atoms with van der Waals surface area (Å²) in [6.45, 7) is 8.67. The van der Waals surface area contributed by atoms with Crippen LogP contribution in [0, 0.1) is 15.5 Å². The maximum absolute atomic E-state index is 12.3. The zero-order valence-electron chi connectivity index (χ0n) is 15.0. The van der Waals surface area contributed by atoms with Crippen LogP contribution in [0.1, 0.15) is 33.6 Å².